The van der Waals surface area contributed by atoms with Gasteiger partial charge in [0.1, 0.15) is 5.82 Å². The summed E-state index contributed by atoms with van der Waals surface area (Å²) in [6.07, 6.45) is 14.2. The van der Waals surface area contributed by atoms with E-state index in [1.807, 2.05) is 6.08 Å². The highest BCUT2D eigenvalue weighted by molar-refractivity contribution is 5.10. The second-order valence-corrected chi connectivity index (χ2v) is 5.71. The molecule has 1 aromatic rings. The molecule has 22 heavy (non-hydrogen) atoms. The molecule has 0 atom stereocenters. The van der Waals surface area contributed by atoms with Crippen LogP contribution in [0.25, 0.3) is 0 Å². The van der Waals surface area contributed by atoms with E-state index in [4.69, 9.17) is 4.98 Å². The zero-order valence-corrected chi connectivity index (χ0v) is 14.6. The summed E-state index contributed by atoms with van der Waals surface area (Å²) in [7, 11) is 0. The van der Waals surface area contributed by atoms with Crippen LogP contribution in [0.5, 0.6) is 0 Å². The molecule has 1 aliphatic rings. The minimum atomic E-state index is 0.654. The summed E-state index contributed by atoms with van der Waals surface area (Å²) >= 11 is 0. The molecule has 1 saturated heterocycles. The van der Waals surface area contributed by atoms with Crippen LogP contribution in [0, 0.1) is 0 Å². The number of nitrogens with one attached hydrogen (secondary N) is 1. The summed E-state index contributed by atoms with van der Waals surface area (Å²) in [5, 5.41) is 3.42. The SMILES string of the molecule is C/C=C\CCc1cn(CC)c(C2CCNCC2)n1.C=CCC. The molecule has 0 aromatic carbocycles. The van der Waals surface area contributed by atoms with Crippen LogP contribution in [0.3, 0.4) is 0 Å². The predicted octanol–water partition coefficient (Wildman–Crippen LogP) is 4.46. The summed E-state index contributed by atoms with van der Waals surface area (Å²) in [4.78, 5) is 4.88. The van der Waals surface area contributed by atoms with Gasteiger partial charge in [0, 0.05) is 18.7 Å². The third-order valence-corrected chi connectivity index (χ3v) is 3.99. The molecule has 0 spiro atoms. The lowest BCUT2D eigenvalue weighted by molar-refractivity contribution is 0.432. The first-order chi connectivity index (χ1) is 10.8. The molecule has 2 rings (SSSR count). The largest absolute Gasteiger partial charge is 0.335 e. The van der Waals surface area contributed by atoms with Crippen molar-refractivity contribution in [2.45, 2.75) is 65.3 Å². The first-order valence-corrected chi connectivity index (χ1v) is 8.75. The molecule has 1 N–H and O–H groups in total. The number of nitrogens with zero attached hydrogens (tertiary/aromatic N) is 2. The predicted molar refractivity (Wildman–Crippen MR) is 96.4 cm³/mol. The Kier molecular flexibility index (Phi) is 9.56. The smallest absolute Gasteiger partial charge is 0.112 e. The van der Waals surface area contributed by atoms with Crippen molar-refractivity contribution in [2.75, 3.05) is 13.1 Å². The van der Waals surface area contributed by atoms with Crippen molar-refractivity contribution < 1.29 is 0 Å². The monoisotopic (exact) mass is 303 g/mol. The molecule has 1 aromatic heterocycles. The molecule has 1 aliphatic heterocycles. The minimum Gasteiger partial charge on any atom is -0.335 e. The van der Waals surface area contributed by atoms with Gasteiger partial charge in [-0.2, -0.15) is 0 Å². The fraction of sp³-hybridized carbons (Fsp3) is 0.632. The summed E-state index contributed by atoms with van der Waals surface area (Å²) in [6, 6.07) is 0. The molecule has 2 heterocycles. The van der Waals surface area contributed by atoms with Gasteiger partial charge in [-0.25, -0.2) is 4.98 Å². The molecule has 0 amide bonds. The molecule has 0 saturated carbocycles. The minimum absolute atomic E-state index is 0.654. The number of allylic oxidation sites excluding steroid dienone is 3. The Morgan fingerprint density at radius 2 is 2.05 bits per heavy atom. The second-order valence-electron chi connectivity index (χ2n) is 5.71. The Hall–Kier alpha value is -1.35. The normalized spacial score (nSPS) is 15.6. The number of rotatable bonds is 6. The summed E-state index contributed by atoms with van der Waals surface area (Å²) in [6.45, 7) is 13.1. The lowest BCUT2D eigenvalue weighted by atomic mass is 9.97. The quantitative estimate of drug-likeness (QED) is 0.786. The molecule has 124 valence electrons. The van der Waals surface area contributed by atoms with Crippen molar-refractivity contribution in [3.63, 3.8) is 0 Å². The van der Waals surface area contributed by atoms with E-state index in [2.05, 4.69) is 55.6 Å². The van der Waals surface area contributed by atoms with Gasteiger partial charge in [-0.3, -0.25) is 0 Å². The maximum Gasteiger partial charge on any atom is 0.112 e. The second kappa shape index (κ2) is 11.2. The molecule has 0 radical (unpaired) electrons. The average Bonchev–Trinajstić information content (AvgIpc) is 2.99. The van der Waals surface area contributed by atoms with Gasteiger partial charge in [0.2, 0.25) is 0 Å². The Morgan fingerprint density at radius 3 is 2.59 bits per heavy atom. The number of hydrogen-bond acceptors (Lipinski definition) is 2. The lowest BCUT2D eigenvalue weighted by Crippen LogP contribution is -2.28. The van der Waals surface area contributed by atoms with Crippen molar-refractivity contribution >= 4 is 0 Å². The van der Waals surface area contributed by atoms with Gasteiger partial charge >= 0.3 is 0 Å². The zero-order chi connectivity index (χ0) is 16.2. The van der Waals surface area contributed by atoms with Gasteiger partial charge in [0.05, 0.1) is 5.69 Å². The van der Waals surface area contributed by atoms with E-state index < -0.39 is 0 Å². The lowest BCUT2D eigenvalue weighted by Gasteiger charge is -2.22. The topological polar surface area (TPSA) is 29.9 Å². The fourth-order valence-corrected chi connectivity index (χ4v) is 2.66. The van der Waals surface area contributed by atoms with Gasteiger partial charge < -0.3 is 9.88 Å². The van der Waals surface area contributed by atoms with Crippen LogP contribution in [-0.2, 0) is 13.0 Å². The first-order valence-electron chi connectivity index (χ1n) is 8.75. The molecule has 3 heteroatoms. The zero-order valence-electron chi connectivity index (χ0n) is 14.6. The number of imidazole rings is 1. The Morgan fingerprint density at radius 1 is 1.36 bits per heavy atom. The number of aryl methyl sites for hydroxylation is 2. The van der Waals surface area contributed by atoms with Crippen LogP contribution in [0.15, 0.2) is 31.0 Å². The van der Waals surface area contributed by atoms with Gasteiger partial charge in [-0.05, 0) is 59.0 Å². The Bertz CT molecular complexity index is 440. The van der Waals surface area contributed by atoms with Gasteiger partial charge in [-0.1, -0.05) is 25.2 Å². The number of aromatic nitrogens is 2. The molecular formula is C19H33N3. The van der Waals surface area contributed by atoms with Crippen molar-refractivity contribution in [3.05, 3.63) is 42.5 Å². The molecule has 3 nitrogen and oxygen atoms in total. The standard InChI is InChI=1S/C15H25N3.C4H8/c1-3-5-6-7-14-12-18(4-2)15(17-14)13-8-10-16-11-9-13;1-3-4-2/h3,5,12-13,16H,4,6-11H2,1-2H3;3H,1,4H2,2H3/b5-3-;. The summed E-state index contributed by atoms with van der Waals surface area (Å²) < 4.78 is 2.35. The number of hydrogen-bond donors (Lipinski definition) is 1. The summed E-state index contributed by atoms with van der Waals surface area (Å²) in [5.41, 5.74) is 1.25. The van der Waals surface area contributed by atoms with Gasteiger partial charge in [-0.15, -0.1) is 6.58 Å². The van der Waals surface area contributed by atoms with Crippen LogP contribution in [-0.4, -0.2) is 22.6 Å². The van der Waals surface area contributed by atoms with E-state index in [-0.39, 0.29) is 0 Å². The fourth-order valence-electron chi connectivity index (χ4n) is 2.66. The van der Waals surface area contributed by atoms with Crippen molar-refractivity contribution in [3.8, 4) is 0 Å². The summed E-state index contributed by atoms with van der Waals surface area (Å²) in [5.74, 6) is 1.97. The maximum absolute atomic E-state index is 4.88. The van der Waals surface area contributed by atoms with Crippen molar-refractivity contribution in [1.82, 2.24) is 14.9 Å². The van der Waals surface area contributed by atoms with Gasteiger partial charge in [0.25, 0.3) is 0 Å². The molecule has 0 aliphatic carbocycles. The van der Waals surface area contributed by atoms with Crippen LogP contribution in [0.4, 0.5) is 0 Å². The molecular weight excluding hydrogens is 270 g/mol. The van der Waals surface area contributed by atoms with Crippen molar-refractivity contribution in [2.24, 2.45) is 0 Å². The highest BCUT2D eigenvalue weighted by atomic mass is 15.1. The first kappa shape index (κ1) is 18.7. The highest BCUT2D eigenvalue weighted by Gasteiger charge is 2.20. The average molecular weight is 303 g/mol. The van der Waals surface area contributed by atoms with E-state index >= 15 is 0 Å². The molecule has 0 unspecified atom stereocenters. The van der Waals surface area contributed by atoms with Crippen LogP contribution >= 0.6 is 0 Å². The Labute approximate surface area is 136 Å². The molecule has 1 fully saturated rings. The Balaban J connectivity index is 0.000000541. The van der Waals surface area contributed by atoms with E-state index in [1.54, 1.807) is 0 Å². The van der Waals surface area contributed by atoms with Crippen LogP contribution in [0.2, 0.25) is 0 Å². The molecule has 0 bridgehead atoms. The van der Waals surface area contributed by atoms with Crippen LogP contribution in [0.1, 0.15) is 63.9 Å². The highest BCUT2D eigenvalue weighted by Crippen LogP contribution is 2.25. The third kappa shape index (κ3) is 6.18. The third-order valence-electron chi connectivity index (χ3n) is 3.99. The van der Waals surface area contributed by atoms with E-state index in [0.717, 1.165) is 38.9 Å². The van der Waals surface area contributed by atoms with E-state index in [0.29, 0.717) is 5.92 Å². The maximum atomic E-state index is 4.88. The number of piperidine rings is 1. The van der Waals surface area contributed by atoms with Crippen molar-refractivity contribution in [1.29, 1.82) is 0 Å². The van der Waals surface area contributed by atoms with Gasteiger partial charge in [0.15, 0.2) is 0 Å². The van der Waals surface area contributed by atoms with Crippen LogP contribution < -0.4 is 5.32 Å². The van der Waals surface area contributed by atoms with E-state index in [1.165, 1.54) is 24.4 Å². The van der Waals surface area contributed by atoms with E-state index in [9.17, 15) is 0 Å².